The second-order valence-electron chi connectivity index (χ2n) is 6.00. The smallest absolute Gasteiger partial charge is 0.387 e. The third-order valence-electron chi connectivity index (χ3n) is 4.28. The molecule has 1 aromatic carbocycles. The van der Waals surface area contributed by atoms with Crippen molar-refractivity contribution in [2.75, 3.05) is 12.4 Å². The summed E-state index contributed by atoms with van der Waals surface area (Å²) >= 11 is 0. The number of hydrogen-bond donors (Lipinski definition) is 1. The fourth-order valence-corrected chi connectivity index (χ4v) is 3.03. The molecule has 1 aromatic heterocycles. The van der Waals surface area contributed by atoms with Gasteiger partial charge < -0.3 is 14.8 Å². The molecule has 0 radical (unpaired) electrons. The SMILES string of the molecule is COc1nc(NC2CCCCC2)ncc1-c1ccc(OC(F)F)cc1. The molecule has 0 unspecified atom stereocenters. The normalized spacial score (nSPS) is 15.2. The molecular formula is C18H21F2N3O2. The highest BCUT2D eigenvalue weighted by molar-refractivity contribution is 5.69. The molecule has 1 fully saturated rings. The summed E-state index contributed by atoms with van der Waals surface area (Å²) in [6.07, 6.45) is 7.66. The fourth-order valence-electron chi connectivity index (χ4n) is 3.03. The first-order valence-electron chi connectivity index (χ1n) is 8.38. The minimum absolute atomic E-state index is 0.106. The zero-order valence-corrected chi connectivity index (χ0v) is 14.0. The Balaban J connectivity index is 1.76. The Morgan fingerprint density at radius 2 is 1.84 bits per heavy atom. The molecule has 0 amide bonds. The third-order valence-corrected chi connectivity index (χ3v) is 4.28. The minimum atomic E-state index is -2.84. The highest BCUT2D eigenvalue weighted by Crippen LogP contribution is 2.30. The summed E-state index contributed by atoms with van der Waals surface area (Å²) < 4.78 is 34.2. The van der Waals surface area contributed by atoms with Gasteiger partial charge in [-0.2, -0.15) is 13.8 Å². The van der Waals surface area contributed by atoms with Crippen molar-refractivity contribution in [3.05, 3.63) is 30.5 Å². The van der Waals surface area contributed by atoms with Gasteiger partial charge in [-0.25, -0.2) is 4.98 Å². The molecule has 1 aliphatic carbocycles. The van der Waals surface area contributed by atoms with Gasteiger partial charge in [-0.1, -0.05) is 31.4 Å². The van der Waals surface area contributed by atoms with E-state index in [0.29, 0.717) is 23.4 Å². The molecule has 7 heteroatoms. The van der Waals surface area contributed by atoms with Gasteiger partial charge in [0.15, 0.2) is 0 Å². The summed E-state index contributed by atoms with van der Waals surface area (Å²) in [5.41, 5.74) is 1.46. The van der Waals surface area contributed by atoms with E-state index in [9.17, 15) is 8.78 Å². The Bertz CT molecular complexity index is 689. The maximum atomic E-state index is 12.2. The third kappa shape index (κ3) is 4.55. The van der Waals surface area contributed by atoms with Crippen LogP contribution in [0.3, 0.4) is 0 Å². The van der Waals surface area contributed by atoms with Crippen molar-refractivity contribution in [2.45, 2.75) is 44.8 Å². The standard InChI is InChI=1S/C18H21F2N3O2/c1-24-16-15(12-7-9-14(10-8-12)25-17(19)20)11-21-18(23-16)22-13-5-3-2-4-6-13/h7-11,13,17H,2-6H2,1H3,(H,21,22,23). The van der Waals surface area contributed by atoms with Crippen LogP contribution in [0.15, 0.2) is 30.5 Å². The van der Waals surface area contributed by atoms with E-state index in [2.05, 4.69) is 20.0 Å². The van der Waals surface area contributed by atoms with E-state index in [1.54, 1.807) is 25.4 Å². The van der Waals surface area contributed by atoms with Gasteiger partial charge in [0, 0.05) is 12.2 Å². The molecule has 2 aromatic rings. The van der Waals surface area contributed by atoms with E-state index < -0.39 is 6.61 Å². The van der Waals surface area contributed by atoms with Crippen molar-refractivity contribution in [2.24, 2.45) is 0 Å². The lowest BCUT2D eigenvalue weighted by atomic mass is 9.96. The number of methoxy groups -OCH3 is 1. The molecule has 3 rings (SSSR count). The summed E-state index contributed by atoms with van der Waals surface area (Å²) in [6.45, 7) is -2.84. The van der Waals surface area contributed by atoms with E-state index >= 15 is 0 Å². The van der Waals surface area contributed by atoms with E-state index in [0.717, 1.165) is 18.4 Å². The number of rotatable bonds is 6. The van der Waals surface area contributed by atoms with Gasteiger partial charge in [0.1, 0.15) is 5.75 Å². The minimum Gasteiger partial charge on any atom is -0.480 e. The summed E-state index contributed by atoms with van der Waals surface area (Å²) in [5, 5.41) is 3.36. The molecule has 1 N–H and O–H groups in total. The molecular weight excluding hydrogens is 328 g/mol. The van der Waals surface area contributed by atoms with Gasteiger partial charge in [0.25, 0.3) is 0 Å². The number of nitrogens with zero attached hydrogens (tertiary/aromatic N) is 2. The molecule has 1 aliphatic rings. The van der Waals surface area contributed by atoms with E-state index in [4.69, 9.17) is 4.74 Å². The number of ether oxygens (including phenoxy) is 2. The molecule has 0 saturated heterocycles. The van der Waals surface area contributed by atoms with Gasteiger partial charge in [-0.3, -0.25) is 0 Å². The Kier molecular flexibility index (Phi) is 5.63. The maximum absolute atomic E-state index is 12.2. The predicted octanol–water partition coefficient (Wildman–Crippen LogP) is 4.50. The van der Waals surface area contributed by atoms with Crippen molar-refractivity contribution in [1.29, 1.82) is 0 Å². The van der Waals surface area contributed by atoms with E-state index in [1.807, 2.05) is 0 Å². The van der Waals surface area contributed by atoms with Crippen molar-refractivity contribution < 1.29 is 18.3 Å². The number of aromatic nitrogens is 2. The second-order valence-corrected chi connectivity index (χ2v) is 6.00. The Labute approximate surface area is 145 Å². The van der Waals surface area contributed by atoms with Gasteiger partial charge in [0.05, 0.1) is 12.7 Å². The van der Waals surface area contributed by atoms with Crippen LogP contribution >= 0.6 is 0 Å². The van der Waals surface area contributed by atoms with Crippen LogP contribution in [0.5, 0.6) is 11.6 Å². The molecule has 0 spiro atoms. The van der Waals surface area contributed by atoms with Crippen molar-refractivity contribution in [3.8, 4) is 22.8 Å². The lowest BCUT2D eigenvalue weighted by Crippen LogP contribution is -2.23. The zero-order valence-electron chi connectivity index (χ0n) is 14.0. The average Bonchev–Trinajstić information content (AvgIpc) is 2.63. The molecule has 5 nitrogen and oxygen atoms in total. The van der Waals surface area contributed by atoms with E-state index in [-0.39, 0.29) is 5.75 Å². The Hall–Kier alpha value is -2.44. The molecule has 0 bridgehead atoms. The van der Waals surface area contributed by atoms with Gasteiger partial charge >= 0.3 is 6.61 Å². The van der Waals surface area contributed by atoms with Crippen LogP contribution in [-0.2, 0) is 0 Å². The summed E-state index contributed by atoms with van der Waals surface area (Å²) in [4.78, 5) is 8.81. The molecule has 25 heavy (non-hydrogen) atoms. The maximum Gasteiger partial charge on any atom is 0.387 e. The molecule has 134 valence electrons. The Morgan fingerprint density at radius 1 is 1.12 bits per heavy atom. The van der Waals surface area contributed by atoms with Crippen LogP contribution in [-0.4, -0.2) is 29.7 Å². The van der Waals surface area contributed by atoms with Gasteiger partial charge in [0.2, 0.25) is 11.8 Å². The topological polar surface area (TPSA) is 56.3 Å². The lowest BCUT2D eigenvalue weighted by Gasteiger charge is -2.23. The summed E-state index contributed by atoms with van der Waals surface area (Å²) in [6, 6.07) is 6.71. The second kappa shape index (κ2) is 8.09. The van der Waals surface area contributed by atoms with Crippen molar-refractivity contribution in [1.82, 2.24) is 9.97 Å². The first-order chi connectivity index (χ1) is 12.2. The average molecular weight is 349 g/mol. The number of benzene rings is 1. The number of hydrogen-bond acceptors (Lipinski definition) is 5. The summed E-state index contributed by atoms with van der Waals surface area (Å²) in [7, 11) is 1.55. The van der Waals surface area contributed by atoms with Crippen molar-refractivity contribution >= 4 is 5.95 Å². The van der Waals surface area contributed by atoms with Crippen LogP contribution < -0.4 is 14.8 Å². The highest BCUT2D eigenvalue weighted by atomic mass is 19.3. The molecule has 1 saturated carbocycles. The van der Waals surface area contributed by atoms with Gasteiger partial charge in [-0.05, 0) is 30.5 Å². The van der Waals surface area contributed by atoms with Crippen LogP contribution in [0.4, 0.5) is 14.7 Å². The molecule has 0 atom stereocenters. The number of halogens is 2. The van der Waals surface area contributed by atoms with E-state index in [1.165, 1.54) is 31.4 Å². The fraction of sp³-hybridized carbons (Fsp3) is 0.444. The zero-order chi connectivity index (χ0) is 17.6. The molecule has 0 aliphatic heterocycles. The highest BCUT2D eigenvalue weighted by Gasteiger charge is 2.16. The monoisotopic (exact) mass is 349 g/mol. The van der Waals surface area contributed by atoms with Crippen molar-refractivity contribution in [3.63, 3.8) is 0 Å². The lowest BCUT2D eigenvalue weighted by molar-refractivity contribution is -0.0498. The number of alkyl halides is 2. The Morgan fingerprint density at radius 3 is 2.48 bits per heavy atom. The molecule has 1 heterocycles. The number of anilines is 1. The predicted molar refractivity (Wildman–Crippen MR) is 91.1 cm³/mol. The first kappa shape index (κ1) is 17.4. The first-order valence-corrected chi connectivity index (χ1v) is 8.38. The van der Waals surface area contributed by atoms with Gasteiger partial charge in [-0.15, -0.1) is 0 Å². The largest absolute Gasteiger partial charge is 0.480 e. The van der Waals surface area contributed by atoms with Crippen LogP contribution in [0.2, 0.25) is 0 Å². The summed E-state index contributed by atoms with van der Waals surface area (Å²) in [5.74, 6) is 1.09. The van der Waals surface area contributed by atoms with Crippen LogP contribution in [0, 0.1) is 0 Å². The number of nitrogens with one attached hydrogen (secondary N) is 1. The van der Waals surface area contributed by atoms with Crippen LogP contribution in [0.1, 0.15) is 32.1 Å². The van der Waals surface area contributed by atoms with Crippen LogP contribution in [0.25, 0.3) is 11.1 Å². The quantitative estimate of drug-likeness (QED) is 0.832.